The number of nitrogen functional groups attached to an aromatic ring is 1. The summed E-state index contributed by atoms with van der Waals surface area (Å²) in [4.78, 5) is 27.4. The number of H-pyrrole nitrogens is 1. The molecule has 0 amide bonds. The van der Waals surface area contributed by atoms with E-state index in [2.05, 4.69) is 4.98 Å². The minimum absolute atomic E-state index is 0.0574. The summed E-state index contributed by atoms with van der Waals surface area (Å²) >= 11 is 1.04. The Morgan fingerprint density at radius 3 is 2.67 bits per heavy atom. The minimum Gasteiger partial charge on any atom is -0.422 e. The normalized spacial score (nSPS) is 10.3. The van der Waals surface area contributed by atoms with Gasteiger partial charge in [0.05, 0.1) is 5.75 Å². The summed E-state index contributed by atoms with van der Waals surface area (Å²) in [7, 11) is 0. The number of nitrogens with two attached hydrogens (primary N) is 1. The van der Waals surface area contributed by atoms with Crippen LogP contribution in [0.25, 0.3) is 11.0 Å². The van der Waals surface area contributed by atoms with E-state index in [0.717, 1.165) is 11.8 Å². The third-order valence-electron chi connectivity index (χ3n) is 4.01. The number of rotatable bonds is 4. The van der Waals surface area contributed by atoms with Gasteiger partial charge in [0.15, 0.2) is 10.8 Å². The van der Waals surface area contributed by atoms with Gasteiger partial charge in [0.2, 0.25) is 0 Å². The van der Waals surface area contributed by atoms with Crippen LogP contribution in [0.1, 0.15) is 27.0 Å². The van der Waals surface area contributed by atoms with Crippen LogP contribution in [-0.2, 0) is 0 Å². The second-order valence-corrected chi connectivity index (χ2v) is 6.65. The van der Waals surface area contributed by atoms with Crippen molar-refractivity contribution in [3.8, 4) is 12.1 Å². The number of nitriles is 2. The minimum atomic E-state index is -0.709. The highest BCUT2D eigenvalue weighted by Gasteiger charge is 2.21. The smallest absolute Gasteiger partial charge is 0.347 e. The van der Waals surface area contributed by atoms with Crippen molar-refractivity contribution >= 4 is 34.3 Å². The Bertz CT molecular complexity index is 1220. The number of anilines is 1. The highest BCUT2D eigenvalue weighted by atomic mass is 32.2. The third-order valence-corrected chi connectivity index (χ3v) is 5.01. The first-order chi connectivity index (χ1) is 13.0. The molecule has 0 bridgehead atoms. The van der Waals surface area contributed by atoms with Crippen LogP contribution in [0.5, 0.6) is 0 Å². The van der Waals surface area contributed by atoms with Gasteiger partial charge in [-0.05, 0) is 24.6 Å². The zero-order valence-corrected chi connectivity index (χ0v) is 15.0. The number of hydrogen-bond acceptors (Lipinski definition) is 7. The molecular formula is C19H13N4O3S+. The number of aromatic nitrogens is 1. The Hall–Kier alpha value is -3.62. The van der Waals surface area contributed by atoms with Crippen molar-refractivity contribution in [3.05, 3.63) is 63.0 Å². The average molecular weight is 377 g/mol. The lowest BCUT2D eigenvalue weighted by atomic mass is 10.1. The molecule has 0 aliphatic carbocycles. The van der Waals surface area contributed by atoms with Gasteiger partial charge in [-0.1, -0.05) is 30.0 Å². The van der Waals surface area contributed by atoms with Crippen LogP contribution in [0.3, 0.4) is 0 Å². The second kappa shape index (κ2) is 7.32. The highest BCUT2D eigenvalue weighted by Crippen LogP contribution is 2.25. The maximum absolute atomic E-state index is 12.5. The average Bonchev–Trinajstić information content (AvgIpc) is 2.65. The van der Waals surface area contributed by atoms with Crippen molar-refractivity contribution in [2.24, 2.45) is 0 Å². The molecule has 0 radical (unpaired) electrons. The summed E-state index contributed by atoms with van der Waals surface area (Å²) < 4.78 is 5.18. The molecule has 0 aliphatic rings. The molecule has 3 rings (SSSR count). The number of aromatic amines is 1. The van der Waals surface area contributed by atoms with E-state index in [0.29, 0.717) is 21.6 Å². The first kappa shape index (κ1) is 18.2. The molecule has 3 aromatic rings. The Morgan fingerprint density at radius 1 is 1.26 bits per heavy atom. The van der Waals surface area contributed by atoms with Crippen LogP contribution < -0.4 is 16.3 Å². The van der Waals surface area contributed by atoms with Crippen LogP contribution in [-0.4, -0.2) is 11.5 Å². The van der Waals surface area contributed by atoms with Gasteiger partial charge in [0.25, 0.3) is 5.82 Å². The van der Waals surface area contributed by atoms with Crippen LogP contribution >= 0.6 is 11.8 Å². The summed E-state index contributed by atoms with van der Waals surface area (Å²) in [5.41, 5.74) is 6.32. The van der Waals surface area contributed by atoms with Crippen LogP contribution in [0.15, 0.2) is 44.6 Å². The Balaban J connectivity index is 1.91. The van der Waals surface area contributed by atoms with E-state index in [9.17, 15) is 14.9 Å². The van der Waals surface area contributed by atoms with Crippen molar-refractivity contribution in [2.75, 3.05) is 11.5 Å². The van der Waals surface area contributed by atoms with Gasteiger partial charge in [0.1, 0.15) is 34.4 Å². The van der Waals surface area contributed by atoms with Crippen LogP contribution in [0.4, 0.5) is 5.82 Å². The number of hydrogen-bond donors (Lipinski definition) is 1. The van der Waals surface area contributed by atoms with E-state index in [1.54, 1.807) is 31.2 Å². The number of nitrogens with zero attached hydrogens (tertiary/aromatic N) is 2. The molecule has 132 valence electrons. The quantitative estimate of drug-likeness (QED) is 0.418. The van der Waals surface area contributed by atoms with E-state index in [4.69, 9.17) is 15.4 Å². The number of thioether (sulfide) groups is 1. The lowest BCUT2D eigenvalue weighted by Crippen LogP contribution is -2.20. The predicted octanol–water partition coefficient (Wildman–Crippen LogP) is 2.22. The van der Waals surface area contributed by atoms with Crippen molar-refractivity contribution < 1.29 is 14.2 Å². The number of Topliss-reactive ketones (excluding diaryl/α,β-unsaturated/α-hetero) is 1. The van der Waals surface area contributed by atoms with Crippen molar-refractivity contribution in [1.82, 2.24) is 0 Å². The molecule has 0 saturated carbocycles. The van der Waals surface area contributed by atoms with E-state index in [-0.39, 0.29) is 28.3 Å². The van der Waals surface area contributed by atoms with E-state index in [1.807, 2.05) is 12.1 Å². The SMILES string of the molecule is Cc1c(C#N)c(N)[nH+]c(SCC(=O)c2cc3ccccc3oc2=O)c1C#N. The number of para-hydroxylation sites is 1. The fraction of sp³-hybridized carbons (Fsp3) is 0.105. The molecule has 1 aromatic carbocycles. The molecule has 8 heteroatoms. The number of ketones is 1. The predicted molar refractivity (Wildman–Crippen MR) is 99.1 cm³/mol. The maximum atomic E-state index is 12.5. The molecule has 0 spiro atoms. The number of pyridine rings is 1. The van der Waals surface area contributed by atoms with Gasteiger partial charge in [-0.3, -0.25) is 10.5 Å². The summed E-state index contributed by atoms with van der Waals surface area (Å²) in [6.45, 7) is 1.62. The number of benzene rings is 1. The monoisotopic (exact) mass is 377 g/mol. The lowest BCUT2D eigenvalue weighted by Gasteiger charge is -2.06. The molecule has 2 aromatic heterocycles. The van der Waals surface area contributed by atoms with Crippen molar-refractivity contribution in [2.45, 2.75) is 11.9 Å². The number of fused-ring (bicyclic) bond motifs is 1. The van der Waals surface area contributed by atoms with Gasteiger partial charge in [-0.15, -0.1) is 0 Å². The first-order valence-electron chi connectivity index (χ1n) is 7.80. The van der Waals surface area contributed by atoms with E-state index >= 15 is 0 Å². The lowest BCUT2D eigenvalue weighted by molar-refractivity contribution is -0.410. The van der Waals surface area contributed by atoms with Gasteiger partial charge in [-0.25, -0.2) is 9.78 Å². The standard InChI is InChI=1S/C19H12N4O3S/c1-10-13(7-20)17(22)23-18(14(10)8-21)27-9-15(24)12-6-11-4-2-3-5-16(11)26-19(12)25/h2-6H,9H2,1H3,(H2,22,23)/p+1. The molecule has 2 heterocycles. The van der Waals surface area contributed by atoms with Crippen molar-refractivity contribution in [3.63, 3.8) is 0 Å². The summed E-state index contributed by atoms with van der Waals surface area (Å²) in [5.74, 6) is -0.412. The Labute approximate surface area is 158 Å². The van der Waals surface area contributed by atoms with Crippen LogP contribution in [0, 0.1) is 29.6 Å². The molecular weight excluding hydrogens is 364 g/mol. The van der Waals surface area contributed by atoms with Crippen LogP contribution in [0.2, 0.25) is 0 Å². The largest absolute Gasteiger partial charge is 0.422 e. The summed E-state index contributed by atoms with van der Waals surface area (Å²) in [6.07, 6.45) is 0. The molecule has 0 atom stereocenters. The second-order valence-electron chi connectivity index (χ2n) is 5.66. The maximum Gasteiger partial charge on any atom is 0.347 e. The van der Waals surface area contributed by atoms with Gasteiger partial charge >= 0.3 is 5.63 Å². The molecule has 0 unspecified atom stereocenters. The first-order valence-corrected chi connectivity index (χ1v) is 8.79. The topological polar surface area (TPSA) is 135 Å². The fourth-order valence-corrected chi connectivity index (χ4v) is 3.56. The zero-order valence-electron chi connectivity index (χ0n) is 14.2. The molecule has 7 nitrogen and oxygen atoms in total. The molecule has 0 aliphatic heterocycles. The molecule has 0 saturated heterocycles. The molecule has 3 N–H and O–H groups in total. The zero-order chi connectivity index (χ0) is 19.6. The van der Waals surface area contributed by atoms with Crippen molar-refractivity contribution in [1.29, 1.82) is 10.5 Å². The van der Waals surface area contributed by atoms with Gasteiger partial charge in [0, 0.05) is 5.39 Å². The van der Waals surface area contributed by atoms with Gasteiger partial charge in [-0.2, -0.15) is 10.5 Å². The third kappa shape index (κ3) is 3.39. The van der Waals surface area contributed by atoms with Gasteiger partial charge < -0.3 is 4.42 Å². The molecule has 27 heavy (non-hydrogen) atoms. The fourth-order valence-electron chi connectivity index (χ4n) is 2.60. The highest BCUT2D eigenvalue weighted by molar-refractivity contribution is 7.99. The number of carbonyl (C=O) groups is 1. The number of nitrogens with one attached hydrogen (secondary N) is 1. The summed E-state index contributed by atoms with van der Waals surface area (Å²) in [6, 6.07) is 12.4. The molecule has 0 fully saturated rings. The van der Waals surface area contributed by atoms with E-state index in [1.165, 1.54) is 6.07 Å². The van der Waals surface area contributed by atoms with E-state index < -0.39 is 11.4 Å². The Kier molecular flexibility index (Phi) is 4.93. The Morgan fingerprint density at radius 2 is 1.96 bits per heavy atom. The summed E-state index contributed by atoms with van der Waals surface area (Å²) in [5, 5.41) is 19.5. The number of carbonyl (C=O) groups excluding carboxylic acids is 1.